The molecule has 0 heterocycles. The Morgan fingerprint density at radius 2 is 2.00 bits per heavy atom. The van der Waals surface area contributed by atoms with Crippen LogP contribution in [0.25, 0.3) is 0 Å². The van der Waals surface area contributed by atoms with E-state index in [0.717, 1.165) is 5.56 Å². The molecule has 1 rings (SSSR count). The average molecular weight is 228 g/mol. The van der Waals surface area contributed by atoms with Gasteiger partial charge in [0.1, 0.15) is 0 Å². The van der Waals surface area contributed by atoms with Crippen molar-refractivity contribution in [1.29, 1.82) is 0 Å². The predicted molar refractivity (Wildman–Crippen MR) is 56.3 cm³/mol. The first-order valence-corrected chi connectivity index (χ1v) is 5.38. The molecular weight excluding hydrogens is 216 g/mol. The topological polar surface area (TPSA) is 63.6 Å². The Morgan fingerprint density at radius 1 is 1.40 bits per heavy atom. The highest BCUT2D eigenvalue weighted by Crippen LogP contribution is 2.19. The summed E-state index contributed by atoms with van der Waals surface area (Å²) >= 11 is -2.09. The lowest BCUT2D eigenvalue weighted by Gasteiger charge is -2.07. The highest BCUT2D eigenvalue weighted by atomic mass is 32.2. The standard InChI is InChI=1S/C10H12O4S/c1-6-4-8(10(11)14-3)5-9(7(6)2)15(12)13/h4-5H,1-3H3,(H,12,13). The molecule has 0 aliphatic heterocycles. The molecule has 82 valence electrons. The van der Waals surface area contributed by atoms with E-state index < -0.39 is 17.0 Å². The minimum atomic E-state index is -2.09. The number of carbonyl (C=O) groups excluding carboxylic acids is 1. The van der Waals surface area contributed by atoms with E-state index in [2.05, 4.69) is 4.74 Å². The molecule has 0 aromatic heterocycles. The van der Waals surface area contributed by atoms with Crippen LogP contribution in [0, 0.1) is 13.8 Å². The first kappa shape index (κ1) is 11.9. The van der Waals surface area contributed by atoms with Crippen LogP contribution in [0.15, 0.2) is 17.0 Å². The molecule has 0 saturated heterocycles. The number of methoxy groups -OCH3 is 1. The van der Waals surface area contributed by atoms with Gasteiger partial charge in [-0.05, 0) is 37.1 Å². The van der Waals surface area contributed by atoms with Gasteiger partial charge in [-0.3, -0.25) is 0 Å². The number of carbonyl (C=O) groups is 1. The summed E-state index contributed by atoms with van der Waals surface area (Å²) < 4.78 is 24.6. The molecule has 0 fully saturated rings. The molecule has 0 aliphatic carbocycles. The van der Waals surface area contributed by atoms with Gasteiger partial charge in [0.25, 0.3) is 0 Å². The summed E-state index contributed by atoms with van der Waals surface area (Å²) in [5, 5.41) is 0. The summed E-state index contributed by atoms with van der Waals surface area (Å²) in [7, 11) is 1.27. The summed E-state index contributed by atoms with van der Waals surface area (Å²) in [5.74, 6) is -0.509. The number of hydrogen-bond donors (Lipinski definition) is 1. The molecule has 1 atom stereocenters. The molecule has 0 saturated carbocycles. The molecule has 1 aromatic rings. The first-order valence-electron chi connectivity index (χ1n) is 4.27. The molecule has 0 bridgehead atoms. The minimum absolute atomic E-state index is 0.246. The summed E-state index contributed by atoms with van der Waals surface area (Å²) in [6.07, 6.45) is 0. The quantitative estimate of drug-likeness (QED) is 0.617. The van der Waals surface area contributed by atoms with Gasteiger partial charge in [-0.2, -0.15) is 0 Å². The van der Waals surface area contributed by atoms with E-state index >= 15 is 0 Å². The first-order chi connectivity index (χ1) is 6.97. The van der Waals surface area contributed by atoms with E-state index in [1.165, 1.54) is 13.2 Å². The number of esters is 1. The fourth-order valence-electron chi connectivity index (χ4n) is 1.24. The normalized spacial score (nSPS) is 12.3. The number of aryl methyl sites for hydroxylation is 1. The summed E-state index contributed by atoms with van der Waals surface area (Å²) in [4.78, 5) is 11.5. The number of ether oxygens (including phenoxy) is 1. The third-order valence-electron chi connectivity index (χ3n) is 2.23. The third kappa shape index (κ3) is 2.43. The van der Waals surface area contributed by atoms with Gasteiger partial charge >= 0.3 is 5.97 Å². The third-order valence-corrected chi connectivity index (χ3v) is 3.03. The van der Waals surface area contributed by atoms with Gasteiger partial charge in [0, 0.05) is 0 Å². The number of benzene rings is 1. The maximum atomic E-state index is 11.2. The van der Waals surface area contributed by atoms with Crippen molar-refractivity contribution in [3.05, 3.63) is 28.8 Å². The second kappa shape index (κ2) is 4.55. The summed E-state index contributed by atoms with van der Waals surface area (Å²) in [6, 6.07) is 3.02. The smallest absolute Gasteiger partial charge is 0.337 e. The molecule has 5 heteroatoms. The zero-order valence-electron chi connectivity index (χ0n) is 8.73. The molecule has 4 nitrogen and oxygen atoms in total. The summed E-state index contributed by atoms with van der Waals surface area (Å²) in [5.41, 5.74) is 1.79. The van der Waals surface area contributed by atoms with E-state index in [1.807, 2.05) is 0 Å². The molecule has 0 aliphatic rings. The van der Waals surface area contributed by atoms with Gasteiger partial charge in [-0.15, -0.1) is 0 Å². The van der Waals surface area contributed by atoms with Crippen molar-refractivity contribution < 1.29 is 18.3 Å². The van der Waals surface area contributed by atoms with Gasteiger partial charge in [0.15, 0.2) is 11.1 Å². The lowest BCUT2D eigenvalue weighted by molar-refractivity contribution is 0.0600. The second-order valence-electron chi connectivity index (χ2n) is 3.16. The van der Waals surface area contributed by atoms with Crippen LogP contribution in [0.3, 0.4) is 0 Å². The van der Waals surface area contributed by atoms with Crippen molar-refractivity contribution in [1.82, 2.24) is 0 Å². The Labute approximate surface area is 90.5 Å². The van der Waals surface area contributed by atoms with Crippen LogP contribution in [0.5, 0.6) is 0 Å². The molecule has 0 spiro atoms. The van der Waals surface area contributed by atoms with Gasteiger partial charge in [-0.25, -0.2) is 9.00 Å². The second-order valence-corrected chi connectivity index (χ2v) is 4.10. The number of hydrogen-bond acceptors (Lipinski definition) is 3. The van der Waals surface area contributed by atoms with Crippen LogP contribution in [-0.4, -0.2) is 21.8 Å². The SMILES string of the molecule is COC(=O)c1cc(C)c(C)c(S(=O)O)c1. The van der Waals surface area contributed by atoms with Crippen LogP contribution in [-0.2, 0) is 15.8 Å². The van der Waals surface area contributed by atoms with Crippen LogP contribution in [0.2, 0.25) is 0 Å². The van der Waals surface area contributed by atoms with E-state index in [-0.39, 0.29) is 10.5 Å². The fraction of sp³-hybridized carbons (Fsp3) is 0.300. The minimum Gasteiger partial charge on any atom is -0.465 e. The zero-order chi connectivity index (χ0) is 11.6. The van der Waals surface area contributed by atoms with Gasteiger partial charge < -0.3 is 9.29 Å². The van der Waals surface area contributed by atoms with Crippen molar-refractivity contribution in [3.8, 4) is 0 Å². The van der Waals surface area contributed by atoms with Crippen molar-refractivity contribution in [2.24, 2.45) is 0 Å². The van der Waals surface area contributed by atoms with Crippen LogP contribution in [0.1, 0.15) is 21.5 Å². The van der Waals surface area contributed by atoms with Crippen LogP contribution < -0.4 is 0 Å². The van der Waals surface area contributed by atoms with Crippen molar-refractivity contribution >= 4 is 17.0 Å². The zero-order valence-corrected chi connectivity index (χ0v) is 9.55. The van der Waals surface area contributed by atoms with Crippen molar-refractivity contribution in [2.75, 3.05) is 7.11 Å². The lowest BCUT2D eigenvalue weighted by Crippen LogP contribution is -2.05. The fourth-order valence-corrected chi connectivity index (χ4v) is 1.89. The molecule has 15 heavy (non-hydrogen) atoms. The molecule has 1 aromatic carbocycles. The molecule has 1 N–H and O–H groups in total. The maximum absolute atomic E-state index is 11.2. The number of rotatable bonds is 2. The van der Waals surface area contributed by atoms with Gasteiger partial charge in [0.05, 0.1) is 17.6 Å². The van der Waals surface area contributed by atoms with E-state index in [9.17, 15) is 9.00 Å². The molecule has 1 unspecified atom stereocenters. The van der Waals surface area contributed by atoms with Gasteiger partial charge in [-0.1, -0.05) is 0 Å². The average Bonchev–Trinajstić information content (AvgIpc) is 2.20. The maximum Gasteiger partial charge on any atom is 0.337 e. The largest absolute Gasteiger partial charge is 0.465 e. The monoisotopic (exact) mass is 228 g/mol. The van der Waals surface area contributed by atoms with E-state index in [4.69, 9.17) is 4.55 Å². The Bertz CT molecular complexity index is 426. The van der Waals surface area contributed by atoms with Crippen LogP contribution in [0.4, 0.5) is 0 Å². The lowest BCUT2D eigenvalue weighted by atomic mass is 10.1. The molecule has 0 amide bonds. The van der Waals surface area contributed by atoms with E-state index in [1.54, 1.807) is 19.9 Å². The van der Waals surface area contributed by atoms with Crippen molar-refractivity contribution in [2.45, 2.75) is 18.7 Å². The van der Waals surface area contributed by atoms with Crippen molar-refractivity contribution in [3.63, 3.8) is 0 Å². The van der Waals surface area contributed by atoms with Crippen LogP contribution >= 0.6 is 0 Å². The van der Waals surface area contributed by atoms with Gasteiger partial charge in [0.2, 0.25) is 0 Å². The Balaban J connectivity index is 3.35. The highest BCUT2D eigenvalue weighted by Gasteiger charge is 2.13. The Hall–Kier alpha value is -1.20. The predicted octanol–water partition coefficient (Wildman–Crippen LogP) is 1.67. The Morgan fingerprint density at radius 3 is 2.47 bits per heavy atom. The van der Waals surface area contributed by atoms with E-state index in [0.29, 0.717) is 5.56 Å². The summed E-state index contributed by atoms with van der Waals surface area (Å²) in [6.45, 7) is 3.51. The molecule has 0 radical (unpaired) electrons. The highest BCUT2D eigenvalue weighted by molar-refractivity contribution is 7.79. The Kier molecular flexibility index (Phi) is 3.60. The molecular formula is C10H12O4S.